The maximum Gasteiger partial charge on any atom is 0.282 e. The van der Waals surface area contributed by atoms with Gasteiger partial charge in [0.2, 0.25) is 0 Å². The van der Waals surface area contributed by atoms with Gasteiger partial charge in [0.1, 0.15) is 11.6 Å². The number of hydrogen-bond acceptors (Lipinski definition) is 4. The van der Waals surface area contributed by atoms with Crippen LogP contribution in [0.3, 0.4) is 0 Å². The predicted molar refractivity (Wildman–Crippen MR) is 104 cm³/mol. The van der Waals surface area contributed by atoms with E-state index in [1.807, 2.05) is 42.5 Å². The van der Waals surface area contributed by atoms with Gasteiger partial charge in [-0.05, 0) is 48.9 Å². The van der Waals surface area contributed by atoms with Gasteiger partial charge in [-0.1, -0.05) is 34.1 Å². The maximum absolute atomic E-state index is 12.6. The highest BCUT2D eigenvalue weighted by atomic mass is 79.9. The number of benzene rings is 2. The fourth-order valence-corrected chi connectivity index (χ4v) is 2.73. The van der Waals surface area contributed by atoms with Crippen molar-refractivity contribution in [2.24, 2.45) is 5.10 Å². The molecule has 5 nitrogen and oxygen atoms in total. The molecule has 2 aromatic carbocycles. The zero-order valence-electron chi connectivity index (χ0n) is 13.8. The van der Waals surface area contributed by atoms with E-state index >= 15 is 0 Å². The second-order valence-electron chi connectivity index (χ2n) is 5.33. The van der Waals surface area contributed by atoms with E-state index in [9.17, 15) is 4.79 Å². The Morgan fingerprint density at radius 1 is 1.20 bits per heavy atom. The van der Waals surface area contributed by atoms with Crippen molar-refractivity contribution in [3.63, 3.8) is 0 Å². The minimum atomic E-state index is -0.196. The zero-order chi connectivity index (χ0) is 17.8. The molecule has 1 heterocycles. The Hall–Kier alpha value is -2.73. The summed E-state index contributed by atoms with van der Waals surface area (Å²) in [4.78, 5) is 17.0. The minimum Gasteiger partial charge on any atom is -0.497 e. The molecule has 0 fully saturated rings. The number of aryl methyl sites for hydroxylation is 1. The van der Waals surface area contributed by atoms with Gasteiger partial charge in [-0.25, -0.2) is 4.98 Å². The summed E-state index contributed by atoms with van der Waals surface area (Å²) in [5.41, 5.74) is 1.47. The van der Waals surface area contributed by atoms with Gasteiger partial charge >= 0.3 is 0 Å². The molecule has 0 aliphatic heterocycles. The molecule has 0 saturated heterocycles. The molecule has 126 valence electrons. The van der Waals surface area contributed by atoms with Crippen molar-refractivity contribution in [2.45, 2.75) is 6.92 Å². The number of ether oxygens (including phenoxy) is 1. The van der Waals surface area contributed by atoms with Gasteiger partial charge in [-0.3, -0.25) is 4.79 Å². The second kappa shape index (κ2) is 7.44. The number of nitrogens with zero attached hydrogens (tertiary/aromatic N) is 3. The first-order chi connectivity index (χ1) is 12.1. The smallest absolute Gasteiger partial charge is 0.282 e. The predicted octanol–water partition coefficient (Wildman–Crippen LogP) is 4.02. The summed E-state index contributed by atoms with van der Waals surface area (Å²) in [7, 11) is 1.63. The lowest BCUT2D eigenvalue weighted by Crippen LogP contribution is -2.20. The zero-order valence-corrected chi connectivity index (χ0v) is 15.4. The van der Waals surface area contributed by atoms with Crippen LogP contribution in [0.5, 0.6) is 5.75 Å². The van der Waals surface area contributed by atoms with Crippen molar-refractivity contribution in [1.29, 1.82) is 0 Å². The second-order valence-corrected chi connectivity index (χ2v) is 6.25. The third-order valence-corrected chi connectivity index (χ3v) is 4.14. The average Bonchev–Trinajstić information content (AvgIpc) is 2.62. The van der Waals surface area contributed by atoms with Crippen molar-refractivity contribution in [3.8, 4) is 5.75 Å². The highest BCUT2D eigenvalue weighted by molar-refractivity contribution is 9.10. The Labute approximate surface area is 153 Å². The summed E-state index contributed by atoms with van der Waals surface area (Å²) < 4.78 is 7.25. The van der Waals surface area contributed by atoms with Crippen LogP contribution in [0, 0.1) is 6.92 Å². The van der Waals surface area contributed by atoms with Crippen LogP contribution in [-0.4, -0.2) is 23.0 Å². The Morgan fingerprint density at radius 2 is 1.96 bits per heavy atom. The first kappa shape index (κ1) is 17.1. The van der Waals surface area contributed by atoms with Crippen molar-refractivity contribution in [1.82, 2.24) is 9.66 Å². The number of methoxy groups -OCH3 is 1. The summed E-state index contributed by atoms with van der Waals surface area (Å²) in [5.74, 6) is 1.34. The molecular formula is C19H16BrN3O2. The summed E-state index contributed by atoms with van der Waals surface area (Å²) in [6.07, 6.45) is 5.25. The van der Waals surface area contributed by atoms with Crippen molar-refractivity contribution < 1.29 is 4.74 Å². The molecule has 0 amide bonds. The van der Waals surface area contributed by atoms with Gasteiger partial charge in [0.15, 0.2) is 0 Å². The monoisotopic (exact) mass is 397 g/mol. The number of aromatic nitrogens is 2. The fraction of sp³-hybridized carbons (Fsp3) is 0.105. The van der Waals surface area contributed by atoms with Crippen molar-refractivity contribution in [2.75, 3.05) is 7.11 Å². The van der Waals surface area contributed by atoms with E-state index in [0.29, 0.717) is 16.7 Å². The van der Waals surface area contributed by atoms with E-state index in [2.05, 4.69) is 26.0 Å². The summed E-state index contributed by atoms with van der Waals surface area (Å²) in [5, 5.41) is 4.75. The third-order valence-electron chi connectivity index (χ3n) is 3.64. The molecule has 1 aromatic heterocycles. The van der Waals surface area contributed by atoms with Gasteiger partial charge < -0.3 is 4.74 Å². The van der Waals surface area contributed by atoms with Gasteiger partial charge in [-0.15, -0.1) is 0 Å². The number of allylic oxidation sites excluding steroid dienone is 1. The van der Waals surface area contributed by atoms with Crippen LogP contribution in [0.2, 0.25) is 0 Å². The van der Waals surface area contributed by atoms with Crippen LogP contribution in [0.4, 0.5) is 0 Å². The Morgan fingerprint density at radius 3 is 2.68 bits per heavy atom. The fourth-order valence-electron chi connectivity index (χ4n) is 2.37. The van der Waals surface area contributed by atoms with Crippen LogP contribution >= 0.6 is 15.9 Å². The summed E-state index contributed by atoms with van der Waals surface area (Å²) >= 11 is 3.38. The molecule has 6 heteroatoms. The Balaban J connectivity index is 1.87. The maximum atomic E-state index is 12.6. The number of hydrogen-bond donors (Lipinski definition) is 0. The van der Waals surface area contributed by atoms with E-state index in [0.717, 1.165) is 15.8 Å². The topological polar surface area (TPSA) is 56.5 Å². The van der Waals surface area contributed by atoms with Crippen molar-refractivity contribution >= 4 is 39.1 Å². The molecule has 25 heavy (non-hydrogen) atoms. The SMILES string of the molecule is COc1ccc(/C=C/C=Nn2c(C)nc3ccc(Br)cc3c2=O)cc1. The molecule has 0 spiro atoms. The summed E-state index contributed by atoms with van der Waals surface area (Å²) in [6.45, 7) is 1.76. The van der Waals surface area contributed by atoms with E-state index in [-0.39, 0.29) is 5.56 Å². The lowest BCUT2D eigenvalue weighted by atomic mass is 10.2. The quantitative estimate of drug-likeness (QED) is 0.624. The van der Waals surface area contributed by atoms with Crippen molar-refractivity contribution in [3.05, 3.63) is 74.8 Å². The molecule has 3 aromatic rings. The normalized spacial score (nSPS) is 11.6. The molecular weight excluding hydrogens is 382 g/mol. The van der Waals surface area contributed by atoms with Gasteiger partial charge in [-0.2, -0.15) is 9.78 Å². The molecule has 0 aliphatic rings. The van der Waals surface area contributed by atoms with E-state index in [1.165, 1.54) is 4.68 Å². The Kier molecular flexibility index (Phi) is 5.09. The minimum absolute atomic E-state index is 0.196. The molecule has 0 aliphatic carbocycles. The Bertz CT molecular complexity index is 1020. The number of rotatable bonds is 4. The van der Waals surface area contributed by atoms with E-state index < -0.39 is 0 Å². The first-order valence-corrected chi connectivity index (χ1v) is 8.42. The highest BCUT2D eigenvalue weighted by Gasteiger charge is 2.07. The molecule has 0 N–H and O–H groups in total. The van der Waals surface area contributed by atoms with Crippen LogP contribution in [-0.2, 0) is 0 Å². The van der Waals surface area contributed by atoms with Crippen LogP contribution < -0.4 is 10.3 Å². The standard InChI is InChI=1S/C19H16BrN3O2/c1-13-22-18-10-7-15(20)12-17(18)19(24)23(13)21-11-3-4-14-5-8-16(25-2)9-6-14/h3-12H,1-2H3/b4-3+,21-11?. The molecule has 0 saturated carbocycles. The third kappa shape index (κ3) is 3.85. The molecule has 0 unspecified atom stereocenters. The molecule has 0 radical (unpaired) electrons. The lowest BCUT2D eigenvalue weighted by Gasteiger charge is -2.05. The number of halogens is 1. The molecule has 0 bridgehead atoms. The van der Waals surface area contributed by atoms with Gasteiger partial charge in [0.05, 0.1) is 18.0 Å². The van der Waals surface area contributed by atoms with Crippen LogP contribution in [0.1, 0.15) is 11.4 Å². The van der Waals surface area contributed by atoms with Crippen LogP contribution in [0.15, 0.2) is 62.9 Å². The summed E-state index contributed by atoms with van der Waals surface area (Å²) in [6, 6.07) is 13.1. The van der Waals surface area contributed by atoms with E-state index in [4.69, 9.17) is 4.74 Å². The molecule has 3 rings (SSSR count). The van der Waals surface area contributed by atoms with Crippen LogP contribution in [0.25, 0.3) is 17.0 Å². The largest absolute Gasteiger partial charge is 0.497 e. The van der Waals surface area contributed by atoms with Gasteiger partial charge in [0, 0.05) is 10.7 Å². The highest BCUT2D eigenvalue weighted by Crippen LogP contribution is 2.16. The van der Waals surface area contributed by atoms with E-state index in [1.54, 1.807) is 32.4 Å². The molecule has 0 atom stereocenters. The van der Waals surface area contributed by atoms with Gasteiger partial charge in [0.25, 0.3) is 5.56 Å². The average molecular weight is 398 g/mol. The first-order valence-electron chi connectivity index (χ1n) is 7.62. The lowest BCUT2D eigenvalue weighted by molar-refractivity contribution is 0.415. The number of fused-ring (bicyclic) bond motifs is 1.